The molecular formula is C16H31N3O. The highest BCUT2D eigenvalue weighted by Gasteiger charge is 2.26. The van der Waals surface area contributed by atoms with Gasteiger partial charge < -0.3 is 5.32 Å². The van der Waals surface area contributed by atoms with E-state index in [1.807, 2.05) is 13.8 Å². The molecule has 0 aromatic carbocycles. The second-order valence-electron chi connectivity index (χ2n) is 6.70. The van der Waals surface area contributed by atoms with E-state index in [0.29, 0.717) is 12.6 Å². The maximum absolute atomic E-state index is 11.9. The molecule has 0 unspecified atom stereocenters. The monoisotopic (exact) mass is 281 g/mol. The molecule has 4 heteroatoms. The van der Waals surface area contributed by atoms with Gasteiger partial charge in [-0.3, -0.25) is 14.6 Å². The van der Waals surface area contributed by atoms with Gasteiger partial charge in [-0.1, -0.05) is 12.8 Å². The van der Waals surface area contributed by atoms with Crippen molar-refractivity contribution in [2.75, 3.05) is 32.7 Å². The van der Waals surface area contributed by atoms with Crippen molar-refractivity contribution in [2.45, 2.75) is 64.5 Å². The highest BCUT2D eigenvalue weighted by atomic mass is 16.2. The molecule has 20 heavy (non-hydrogen) atoms. The SMILES string of the molecule is CC(C)NC(=O)CN1CCC[C@@H](N2CCCCCC2)C1. The van der Waals surface area contributed by atoms with Crippen molar-refractivity contribution < 1.29 is 4.79 Å². The number of carbonyl (C=O) groups excluding carboxylic acids is 1. The van der Waals surface area contributed by atoms with Gasteiger partial charge in [0.2, 0.25) is 5.91 Å². The van der Waals surface area contributed by atoms with Gasteiger partial charge >= 0.3 is 0 Å². The lowest BCUT2D eigenvalue weighted by Crippen LogP contribution is -2.51. The fraction of sp³-hybridized carbons (Fsp3) is 0.938. The zero-order chi connectivity index (χ0) is 14.4. The van der Waals surface area contributed by atoms with Crippen LogP contribution in [0.1, 0.15) is 52.4 Å². The van der Waals surface area contributed by atoms with E-state index >= 15 is 0 Å². The van der Waals surface area contributed by atoms with Gasteiger partial charge in [0, 0.05) is 18.6 Å². The minimum Gasteiger partial charge on any atom is -0.353 e. The summed E-state index contributed by atoms with van der Waals surface area (Å²) in [6.45, 7) is 9.29. The van der Waals surface area contributed by atoms with Crippen molar-refractivity contribution in [3.63, 3.8) is 0 Å². The molecule has 2 rings (SSSR count). The average molecular weight is 281 g/mol. The smallest absolute Gasteiger partial charge is 0.234 e. The lowest BCUT2D eigenvalue weighted by Gasteiger charge is -2.38. The predicted octanol–water partition coefficient (Wildman–Crippen LogP) is 1.85. The summed E-state index contributed by atoms with van der Waals surface area (Å²) in [5.74, 6) is 0.177. The molecule has 2 saturated heterocycles. The molecule has 0 radical (unpaired) electrons. The molecule has 1 amide bonds. The van der Waals surface area contributed by atoms with Crippen LogP contribution in [0.15, 0.2) is 0 Å². The molecule has 2 aliphatic heterocycles. The van der Waals surface area contributed by atoms with Gasteiger partial charge in [0.15, 0.2) is 0 Å². The van der Waals surface area contributed by atoms with Crippen LogP contribution >= 0.6 is 0 Å². The molecule has 1 atom stereocenters. The van der Waals surface area contributed by atoms with Gasteiger partial charge in [-0.25, -0.2) is 0 Å². The van der Waals surface area contributed by atoms with Gasteiger partial charge in [0.25, 0.3) is 0 Å². The number of carbonyl (C=O) groups is 1. The summed E-state index contributed by atoms with van der Waals surface area (Å²) in [4.78, 5) is 16.9. The Morgan fingerprint density at radius 1 is 1.10 bits per heavy atom. The summed E-state index contributed by atoms with van der Waals surface area (Å²) in [6, 6.07) is 0.919. The van der Waals surface area contributed by atoms with Gasteiger partial charge in [-0.15, -0.1) is 0 Å². The summed E-state index contributed by atoms with van der Waals surface area (Å²) in [5, 5.41) is 3.00. The van der Waals surface area contributed by atoms with E-state index in [1.165, 1.54) is 51.6 Å². The first-order valence-electron chi connectivity index (χ1n) is 8.41. The highest BCUT2D eigenvalue weighted by molar-refractivity contribution is 5.78. The number of hydrogen-bond acceptors (Lipinski definition) is 3. The second kappa shape index (κ2) is 7.99. The van der Waals surface area contributed by atoms with Crippen LogP contribution in [0.2, 0.25) is 0 Å². The number of hydrogen-bond donors (Lipinski definition) is 1. The van der Waals surface area contributed by atoms with Gasteiger partial charge in [0.05, 0.1) is 6.54 Å². The first-order chi connectivity index (χ1) is 9.65. The number of rotatable bonds is 4. The second-order valence-corrected chi connectivity index (χ2v) is 6.70. The molecule has 0 saturated carbocycles. The summed E-state index contributed by atoms with van der Waals surface area (Å²) in [5.41, 5.74) is 0. The van der Waals surface area contributed by atoms with Crippen LogP contribution in [0, 0.1) is 0 Å². The standard InChI is InChI=1S/C16H31N3O/c1-14(2)17-16(20)13-18-9-7-8-15(12-18)19-10-5-3-4-6-11-19/h14-15H,3-13H2,1-2H3,(H,17,20)/t15-/m1/s1. The molecule has 0 spiro atoms. The first-order valence-corrected chi connectivity index (χ1v) is 8.41. The molecule has 2 heterocycles. The third-order valence-corrected chi connectivity index (χ3v) is 4.45. The maximum Gasteiger partial charge on any atom is 0.234 e. The molecule has 0 aromatic rings. The molecule has 116 valence electrons. The quantitative estimate of drug-likeness (QED) is 0.854. The Kier molecular flexibility index (Phi) is 6.30. The van der Waals surface area contributed by atoms with Crippen LogP contribution in [0.25, 0.3) is 0 Å². The largest absolute Gasteiger partial charge is 0.353 e. The fourth-order valence-electron chi connectivity index (χ4n) is 3.50. The Morgan fingerprint density at radius 2 is 1.80 bits per heavy atom. The number of amides is 1. The fourth-order valence-corrected chi connectivity index (χ4v) is 3.50. The molecule has 2 aliphatic rings. The van der Waals surface area contributed by atoms with Crippen molar-refractivity contribution in [1.29, 1.82) is 0 Å². The van der Waals surface area contributed by atoms with E-state index in [4.69, 9.17) is 0 Å². The molecule has 0 aliphatic carbocycles. The highest BCUT2D eigenvalue weighted by Crippen LogP contribution is 2.19. The van der Waals surface area contributed by atoms with Crippen LogP contribution < -0.4 is 5.32 Å². The lowest BCUT2D eigenvalue weighted by atomic mass is 10.0. The zero-order valence-corrected chi connectivity index (χ0v) is 13.2. The Balaban J connectivity index is 1.80. The molecule has 0 bridgehead atoms. The molecular weight excluding hydrogens is 250 g/mol. The van der Waals surface area contributed by atoms with Crippen molar-refractivity contribution in [3.8, 4) is 0 Å². The Labute approximate surface area is 123 Å². The number of likely N-dealkylation sites (tertiary alicyclic amines) is 2. The van der Waals surface area contributed by atoms with E-state index < -0.39 is 0 Å². The van der Waals surface area contributed by atoms with Crippen LogP contribution in [-0.2, 0) is 4.79 Å². The lowest BCUT2D eigenvalue weighted by molar-refractivity contribution is -0.123. The topological polar surface area (TPSA) is 35.6 Å². The summed E-state index contributed by atoms with van der Waals surface area (Å²) in [7, 11) is 0. The van der Waals surface area contributed by atoms with E-state index in [1.54, 1.807) is 0 Å². The third-order valence-electron chi connectivity index (χ3n) is 4.45. The number of nitrogens with one attached hydrogen (secondary N) is 1. The van der Waals surface area contributed by atoms with Crippen LogP contribution in [0.4, 0.5) is 0 Å². The molecule has 2 fully saturated rings. The van der Waals surface area contributed by atoms with E-state index in [2.05, 4.69) is 15.1 Å². The van der Waals surface area contributed by atoms with E-state index in [0.717, 1.165) is 13.1 Å². The normalized spacial score (nSPS) is 26.4. The van der Waals surface area contributed by atoms with Crippen LogP contribution in [-0.4, -0.2) is 60.5 Å². The predicted molar refractivity (Wildman–Crippen MR) is 82.8 cm³/mol. The van der Waals surface area contributed by atoms with Crippen molar-refractivity contribution in [1.82, 2.24) is 15.1 Å². The maximum atomic E-state index is 11.9. The van der Waals surface area contributed by atoms with Gasteiger partial charge in [-0.2, -0.15) is 0 Å². The molecule has 1 N–H and O–H groups in total. The van der Waals surface area contributed by atoms with Gasteiger partial charge in [-0.05, 0) is 59.2 Å². The Morgan fingerprint density at radius 3 is 2.45 bits per heavy atom. The molecule has 4 nitrogen and oxygen atoms in total. The van der Waals surface area contributed by atoms with E-state index in [-0.39, 0.29) is 11.9 Å². The third kappa shape index (κ3) is 5.06. The Bertz CT molecular complexity index is 298. The van der Waals surface area contributed by atoms with Crippen molar-refractivity contribution in [2.24, 2.45) is 0 Å². The van der Waals surface area contributed by atoms with Crippen molar-refractivity contribution >= 4 is 5.91 Å². The first kappa shape index (κ1) is 15.8. The average Bonchev–Trinajstić information content (AvgIpc) is 2.66. The Hall–Kier alpha value is -0.610. The number of piperidine rings is 1. The summed E-state index contributed by atoms with van der Waals surface area (Å²) >= 11 is 0. The zero-order valence-electron chi connectivity index (χ0n) is 13.2. The number of nitrogens with zero attached hydrogens (tertiary/aromatic N) is 2. The molecule has 0 aromatic heterocycles. The van der Waals surface area contributed by atoms with Crippen molar-refractivity contribution in [3.05, 3.63) is 0 Å². The van der Waals surface area contributed by atoms with Crippen LogP contribution in [0.5, 0.6) is 0 Å². The van der Waals surface area contributed by atoms with Gasteiger partial charge in [0.1, 0.15) is 0 Å². The van der Waals surface area contributed by atoms with E-state index in [9.17, 15) is 4.79 Å². The summed E-state index contributed by atoms with van der Waals surface area (Å²) < 4.78 is 0. The minimum absolute atomic E-state index is 0.177. The minimum atomic E-state index is 0.177. The summed E-state index contributed by atoms with van der Waals surface area (Å²) in [6.07, 6.45) is 8.03. The van der Waals surface area contributed by atoms with Crippen LogP contribution in [0.3, 0.4) is 0 Å².